The molecule has 5 heteroatoms. The second-order valence-corrected chi connectivity index (χ2v) is 3.73. The van der Waals surface area contributed by atoms with Gasteiger partial charge in [0.15, 0.2) is 5.84 Å². The summed E-state index contributed by atoms with van der Waals surface area (Å²) in [5, 5.41) is 11.4. The van der Waals surface area contributed by atoms with Crippen molar-refractivity contribution in [2.75, 3.05) is 11.9 Å². The Hall–Kier alpha value is -2.04. The van der Waals surface area contributed by atoms with Crippen LogP contribution >= 0.6 is 0 Å². The van der Waals surface area contributed by atoms with E-state index in [1.165, 1.54) is 0 Å². The van der Waals surface area contributed by atoms with E-state index in [0.717, 1.165) is 12.1 Å². The monoisotopic (exact) mass is 235 g/mol. The van der Waals surface area contributed by atoms with Crippen LogP contribution in [0.1, 0.15) is 25.3 Å². The van der Waals surface area contributed by atoms with Crippen LogP contribution in [-0.2, 0) is 4.79 Å². The third-order valence-corrected chi connectivity index (χ3v) is 2.50. The molecule has 0 saturated heterocycles. The Bertz CT molecular complexity index is 412. The van der Waals surface area contributed by atoms with Crippen LogP contribution in [0, 0.1) is 0 Å². The number of amides is 1. The summed E-state index contributed by atoms with van der Waals surface area (Å²) < 4.78 is 0. The number of oxime groups is 1. The van der Waals surface area contributed by atoms with Gasteiger partial charge in [0.1, 0.15) is 0 Å². The number of benzene rings is 1. The first-order valence-corrected chi connectivity index (χ1v) is 5.44. The van der Waals surface area contributed by atoms with E-state index in [2.05, 4.69) is 5.16 Å². The van der Waals surface area contributed by atoms with Crippen LogP contribution in [-0.4, -0.2) is 24.0 Å². The summed E-state index contributed by atoms with van der Waals surface area (Å²) in [5.74, 6) is 0.128. The zero-order valence-corrected chi connectivity index (χ0v) is 10.1. The molecular formula is C12H17N3O2. The van der Waals surface area contributed by atoms with E-state index in [-0.39, 0.29) is 11.7 Å². The van der Waals surface area contributed by atoms with Crippen LogP contribution in [0.2, 0.25) is 0 Å². The highest BCUT2D eigenvalue weighted by Gasteiger charge is 2.09. The van der Waals surface area contributed by atoms with Crippen LogP contribution in [0.3, 0.4) is 0 Å². The average Bonchev–Trinajstić information content (AvgIpc) is 2.37. The molecule has 0 spiro atoms. The van der Waals surface area contributed by atoms with E-state index in [0.29, 0.717) is 12.0 Å². The zero-order valence-electron chi connectivity index (χ0n) is 10.1. The van der Waals surface area contributed by atoms with Gasteiger partial charge in [-0.2, -0.15) is 0 Å². The Morgan fingerprint density at radius 2 is 2.00 bits per heavy atom. The molecule has 0 saturated carbocycles. The second kappa shape index (κ2) is 5.89. The molecule has 0 radical (unpaired) electrons. The molecule has 0 unspecified atom stereocenters. The largest absolute Gasteiger partial charge is 0.409 e. The minimum atomic E-state index is 0.0547. The molecule has 3 N–H and O–H groups in total. The quantitative estimate of drug-likeness (QED) is 0.359. The molecule has 0 bridgehead atoms. The smallest absolute Gasteiger partial charge is 0.226 e. The van der Waals surface area contributed by atoms with Crippen LogP contribution in [0.25, 0.3) is 0 Å². The van der Waals surface area contributed by atoms with Gasteiger partial charge in [0, 0.05) is 24.7 Å². The molecule has 0 heterocycles. The van der Waals surface area contributed by atoms with E-state index in [1.807, 2.05) is 6.92 Å². The fourth-order valence-corrected chi connectivity index (χ4v) is 1.44. The molecule has 0 fully saturated rings. The molecule has 0 aliphatic heterocycles. The zero-order chi connectivity index (χ0) is 12.8. The van der Waals surface area contributed by atoms with E-state index < -0.39 is 0 Å². The van der Waals surface area contributed by atoms with Crippen molar-refractivity contribution in [1.82, 2.24) is 0 Å². The molecule has 0 aliphatic rings. The molecule has 0 aliphatic carbocycles. The van der Waals surface area contributed by atoms with Gasteiger partial charge in [-0.1, -0.05) is 12.1 Å². The minimum Gasteiger partial charge on any atom is -0.409 e. The van der Waals surface area contributed by atoms with Gasteiger partial charge in [-0.05, 0) is 30.7 Å². The highest BCUT2D eigenvalue weighted by atomic mass is 16.4. The first-order chi connectivity index (χ1) is 8.10. The number of carbonyl (C=O) groups excluding carboxylic acids is 1. The van der Waals surface area contributed by atoms with E-state index in [4.69, 9.17) is 10.9 Å². The van der Waals surface area contributed by atoms with Crippen molar-refractivity contribution < 1.29 is 10.0 Å². The van der Waals surface area contributed by atoms with Crippen molar-refractivity contribution in [3.8, 4) is 0 Å². The summed E-state index contributed by atoms with van der Waals surface area (Å²) in [7, 11) is 1.73. The summed E-state index contributed by atoms with van der Waals surface area (Å²) in [5.41, 5.74) is 6.86. The third kappa shape index (κ3) is 3.21. The Morgan fingerprint density at radius 1 is 1.41 bits per heavy atom. The summed E-state index contributed by atoms with van der Waals surface area (Å²) in [6.07, 6.45) is 1.35. The molecule has 0 aromatic heterocycles. The minimum absolute atomic E-state index is 0.0547. The maximum Gasteiger partial charge on any atom is 0.226 e. The molecular weight excluding hydrogens is 218 g/mol. The molecule has 0 atom stereocenters. The second-order valence-electron chi connectivity index (χ2n) is 3.73. The lowest BCUT2D eigenvalue weighted by Gasteiger charge is -2.17. The summed E-state index contributed by atoms with van der Waals surface area (Å²) >= 11 is 0. The van der Waals surface area contributed by atoms with Crippen molar-refractivity contribution in [1.29, 1.82) is 0 Å². The number of nitrogens with two attached hydrogens (primary N) is 1. The fourth-order valence-electron chi connectivity index (χ4n) is 1.44. The predicted octanol–water partition coefficient (Wildman–Crippen LogP) is 1.54. The first kappa shape index (κ1) is 13.0. The molecule has 5 nitrogen and oxygen atoms in total. The molecule has 1 amide bonds. The summed E-state index contributed by atoms with van der Waals surface area (Å²) in [4.78, 5) is 13.3. The van der Waals surface area contributed by atoms with Crippen LogP contribution in [0.4, 0.5) is 5.69 Å². The Balaban J connectivity index is 2.84. The van der Waals surface area contributed by atoms with Gasteiger partial charge in [0.2, 0.25) is 5.91 Å². The number of amidine groups is 1. The van der Waals surface area contributed by atoms with Gasteiger partial charge in [0.05, 0.1) is 0 Å². The fraction of sp³-hybridized carbons (Fsp3) is 0.333. The molecule has 1 aromatic carbocycles. The van der Waals surface area contributed by atoms with Gasteiger partial charge < -0.3 is 15.8 Å². The van der Waals surface area contributed by atoms with Crippen molar-refractivity contribution in [2.24, 2.45) is 10.9 Å². The van der Waals surface area contributed by atoms with E-state index in [9.17, 15) is 4.79 Å². The SMILES string of the molecule is CCCC(=O)N(C)c1ccc(C(N)=NO)cc1. The lowest BCUT2D eigenvalue weighted by Crippen LogP contribution is -2.25. The average molecular weight is 235 g/mol. The molecule has 1 aromatic rings. The van der Waals surface area contributed by atoms with Crippen molar-refractivity contribution in [3.63, 3.8) is 0 Å². The van der Waals surface area contributed by atoms with Gasteiger partial charge in [0.25, 0.3) is 0 Å². The Kier molecular flexibility index (Phi) is 4.51. The lowest BCUT2D eigenvalue weighted by atomic mass is 10.2. The number of nitrogens with zero attached hydrogens (tertiary/aromatic N) is 2. The van der Waals surface area contributed by atoms with Crippen LogP contribution in [0.15, 0.2) is 29.4 Å². The number of anilines is 1. The third-order valence-electron chi connectivity index (χ3n) is 2.50. The predicted molar refractivity (Wildman–Crippen MR) is 67.3 cm³/mol. The van der Waals surface area contributed by atoms with Crippen LogP contribution < -0.4 is 10.6 Å². The van der Waals surface area contributed by atoms with E-state index in [1.54, 1.807) is 36.2 Å². The van der Waals surface area contributed by atoms with Crippen LogP contribution in [0.5, 0.6) is 0 Å². The van der Waals surface area contributed by atoms with Crippen molar-refractivity contribution >= 4 is 17.4 Å². The normalized spacial score (nSPS) is 11.3. The molecule has 1 rings (SSSR count). The summed E-state index contributed by atoms with van der Waals surface area (Å²) in [6, 6.07) is 6.95. The van der Waals surface area contributed by atoms with Crippen molar-refractivity contribution in [3.05, 3.63) is 29.8 Å². The topological polar surface area (TPSA) is 78.9 Å². The van der Waals surface area contributed by atoms with Gasteiger partial charge >= 0.3 is 0 Å². The highest BCUT2D eigenvalue weighted by Crippen LogP contribution is 2.15. The van der Waals surface area contributed by atoms with Crippen molar-refractivity contribution in [2.45, 2.75) is 19.8 Å². The number of rotatable bonds is 4. The van der Waals surface area contributed by atoms with E-state index >= 15 is 0 Å². The maximum atomic E-state index is 11.7. The Morgan fingerprint density at radius 3 is 2.47 bits per heavy atom. The van der Waals surface area contributed by atoms with Gasteiger partial charge in [-0.3, -0.25) is 4.79 Å². The number of carbonyl (C=O) groups is 1. The molecule has 17 heavy (non-hydrogen) atoms. The van der Waals surface area contributed by atoms with Gasteiger partial charge in [-0.25, -0.2) is 0 Å². The maximum absolute atomic E-state index is 11.7. The lowest BCUT2D eigenvalue weighted by molar-refractivity contribution is -0.118. The number of hydrogen-bond acceptors (Lipinski definition) is 3. The summed E-state index contributed by atoms with van der Waals surface area (Å²) in [6.45, 7) is 1.97. The van der Waals surface area contributed by atoms with Gasteiger partial charge in [-0.15, -0.1) is 0 Å². The highest BCUT2D eigenvalue weighted by molar-refractivity contribution is 5.98. The Labute approximate surface area is 101 Å². The standard InChI is InChI=1S/C12H17N3O2/c1-3-4-11(16)15(2)10-7-5-9(6-8-10)12(13)14-17/h5-8,17H,3-4H2,1-2H3,(H2,13,14). The number of hydrogen-bond donors (Lipinski definition) is 2. The first-order valence-electron chi connectivity index (χ1n) is 5.44. The molecule has 92 valence electrons.